The van der Waals surface area contributed by atoms with Gasteiger partial charge in [-0.15, -0.1) is 6.58 Å². The van der Waals surface area contributed by atoms with Crippen LogP contribution in [0.15, 0.2) is 158 Å². The van der Waals surface area contributed by atoms with Crippen molar-refractivity contribution in [2.75, 3.05) is 178 Å². The van der Waals surface area contributed by atoms with Gasteiger partial charge in [0.2, 0.25) is 50.1 Å². The molecule has 1 N–H and O–H groups in total. The Kier molecular flexibility index (Phi) is 32.2. The number of ketones is 3. The van der Waals surface area contributed by atoms with Crippen LogP contribution in [0.4, 0.5) is 0 Å². The van der Waals surface area contributed by atoms with Crippen molar-refractivity contribution in [2.24, 2.45) is 5.92 Å². The van der Waals surface area contributed by atoms with E-state index in [0.29, 0.717) is 149 Å². The number of nitrogens with zero attached hydrogens (tertiary/aromatic N) is 10. The summed E-state index contributed by atoms with van der Waals surface area (Å²) in [6, 6.07) is 31.4. The minimum Gasteiger partial charge on any atom is -0.497 e. The van der Waals surface area contributed by atoms with E-state index in [1.165, 1.54) is 108 Å². The largest absolute Gasteiger partial charge is 0.497 e. The predicted molar refractivity (Wildman–Crippen MR) is 468 cm³/mol. The molecule has 10 heterocycles. The third kappa shape index (κ3) is 22.2. The van der Waals surface area contributed by atoms with E-state index >= 15 is 0 Å². The van der Waals surface area contributed by atoms with Crippen molar-refractivity contribution >= 4 is 73.4 Å². The molecule has 5 aromatic rings. The van der Waals surface area contributed by atoms with E-state index in [4.69, 9.17) is 38.3 Å². The predicted octanol–water partition coefficient (Wildman–Crippen LogP) is 8.62. The van der Waals surface area contributed by atoms with Gasteiger partial charge in [-0.2, -0.15) is 21.5 Å². The third-order valence-corrected chi connectivity index (χ3v) is 35.7. The SMILES string of the molecule is C=CCN1CCC2(CC1)OCCN2S(=O)(=O)c1ccc(C(C)=O)cc1.CC(=O)c1ccc(S(=O)(=O)N2CCOC23CCN(CC(=O)O)CC3)cc1.CCCCN1CCC2(CC1)OCCN2S(=O)(=O)c1ccc(OC)cc1.CCN1CCC2(CC1)OCCN2S(=O)(=O)c1ccc(C(C)=O)cc1.COc1ccc(S(=O)(=O)N2CCOC23CCN(CC2CC2)CC3)cc1. The number of carbonyl (C=O) groups excluding carboxylic acids is 3. The van der Waals surface area contributed by atoms with Crippen LogP contribution >= 0.6 is 0 Å². The van der Waals surface area contributed by atoms with Crippen molar-refractivity contribution in [3.05, 3.63) is 151 Å². The van der Waals surface area contributed by atoms with Gasteiger partial charge in [-0.3, -0.25) is 29.0 Å². The number of unbranched alkanes of at least 4 members (excludes halogenated alkanes) is 1. The van der Waals surface area contributed by atoms with Crippen LogP contribution in [0.3, 0.4) is 0 Å². The van der Waals surface area contributed by atoms with E-state index in [-0.39, 0.29) is 45.1 Å². The van der Waals surface area contributed by atoms with Gasteiger partial charge in [0.25, 0.3) is 0 Å². The van der Waals surface area contributed by atoms with E-state index in [2.05, 4.69) is 40.0 Å². The van der Waals surface area contributed by atoms with Crippen LogP contribution in [-0.2, 0) is 78.6 Å². The van der Waals surface area contributed by atoms with Crippen molar-refractivity contribution < 1.29 is 99.5 Å². The maximum Gasteiger partial charge on any atom is 0.317 e. The number of ether oxygens (including phenoxy) is 7. The summed E-state index contributed by atoms with van der Waals surface area (Å²) in [7, 11) is -15.1. The van der Waals surface area contributed by atoms with Crippen LogP contribution in [0.5, 0.6) is 11.5 Å². The number of carbonyl (C=O) groups is 4. The monoisotopic (exact) mass is 1830 g/mol. The molecule has 32 nitrogen and oxygen atoms in total. The summed E-state index contributed by atoms with van der Waals surface area (Å²) in [6.07, 6.45) is 13.4. The Hall–Kier alpha value is -6.93. The number of Topliss-reactive ketones (excluding diaryl/α,β-unsaturated/α-hetero) is 3. The Balaban J connectivity index is 0.000000142. The maximum absolute atomic E-state index is 13.2. The number of hydrogen-bond donors (Lipinski definition) is 1. The first-order chi connectivity index (χ1) is 59.6. The fourth-order valence-corrected chi connectivity index (χ4v) is 27.0. The highest BCUT2D eigenvalue weighted by molar-refractivity contribution is 7.90. The number of likely N-dealkylation sites (tertiary alicyclic amines) is 5. The molecule has 0 unspecified atom stereocenters. The number of benzene rings is 5. The highest BCUT2D eigenvalue weighted by Gasteiger charge is 2.56. The number of piperidine rings is 5. The van der Waals surface area contributed by atoms with E-state index in [1.807, 2.05) is 6.08 Å². The summed E-state index contributed by atoms with van der Waals surface area (Å²) in [5.74, 6) is 0.975. The molecule has 0 atom stereocenters. The van der Waals surface area contributed by atoms with Crippen LogP contribution in [0.1, 0.15) is 156 Å². The van der Waals surface area contributed by atoms with Gasteiger partial charge in [-0.1, -0.05) is 62.7 Å². The summed E-state index contributed by atoms with van der Waals surface area (Å²) in [5.41, 5.74) is -2.27. The van der Waals surface area contributed by atoms with Gasteiger partial charge >= 0.3 is 5.97 Å². The minimum atomic E-state index is -3.77. The molecule has 125 heavy (non-hydrogen) atoms. The summed E-state index contributed by atoms with van der Waals surface area (Å²) in [4.78, 5) is 57.4. The average molecular weight is 1830 g/mol. The number of carboxylic acid groups (broad SMARTS) is 1. The topological polar surface area (TPSA) is 356 Å². The highest BCUT2D eigenvalue weighted by atomic mass is 32.2. The molecule has 5 aromatic carbocycles. The maximum atomic E-state index is 13.2. The first kappa shape index (κ1) is 97.1. The van der Waals surface area contributed by atoms with Crippen molar-refractivity contribution in [1.29, 1.82) is 0 Å². The normalized spacial score (nSPS) is 22.2. The summed E-state index contributed by atoms with van der Waals surface area (Å²) >= 11 is 0. The van der Waals surface area contributed by atoms with Crippen molar-refractivity contribution in [3.63, 3.8) is 0 Å². The second-order valence-corrected chi connectivity index (χ2v) is 42.9. The van der Waals surface area contributed by atoms with Gasteiger partial charge in [-0.05, 0) is 144 Å². The van der Waals surface area contributed by atoms with Gasteiger partial charge in [-0.25, -0.2) is 42.1 Å². The van der Waals surface area contributed by atoms with Crippen LogP contribution in [0, 0.1) is 5.92 Å². The third-order valence-electron chi connectivity index (χ3n) is 25.9. The molecule has 37 heteroatoms. The Morgan fingerprint density at radius 1 is 0.384 bits per heavy atom. The molecule has 0 amide bonds. The van der Waals surface area contributed by atoms with Gasteiger partial charge in [0.05, 0.1) is 78.3 Å². The molecule has 1 aliphatic carbocycles. The molecular weight excluding hydrogens is 1710 g/mol. The molecule has 0 bridgehead atoms. The lowest BCUT2D eigenvalue weighted by Gasteiger charge is -2.43. The van der Waals surface area contributed by atoms with Crippen LogP contribution in [0.2, 0.25) is 0 Å². The Bertz CT molecular complexity index is 5110. The number of rotatable bonds is 25. The standard InChI is InChI=1S/C18H26N2O4S.C18H24N2O4S.C18H28N2O4S.C17H22N2O6S.C17H24N2O4S/c1-23-16-4-6-17(7-5-16)25(21,22)20-12-13-24-18(20)8-10-19(11-9-18)14-15-2-3-15;1-3-10-19-11-8-18(9-12-19)20(13-14-24-18)25(22,23)17-6-4-16(5-7-17)15(2)21;1-3-4-11-19-12-9-18(10-13-19)20(14-15-24-18)25(21,22)17-7-5-16(23-2)6-8-17;1-13(20)14-2-4-15(5-3-14)26(23,24)19-10-11-25-17(19)6-8-18(9-7-17)12-16(21)22;1-3-18-10-8-17(9-11-18)19(12-13-23-17)24(21,22)16-6-4-15(5-7-16)14(2)20/h4-7,15H,2-3,8-14H2,1H3;3-7H,1,8-14H2,2H3;5-8H,3-4,9-15H2,1-2H3;2-5H,6-12H2,1H3,(H,21,22);4-7H,3,8-13H2,1-2H3. The number of hydrogen-bond acceptors (Lipinski definition) is 26. The van der Waals surface area contributed by atoms with Crippen LogP contribution < -0.4 is 9.47 Å². The van der Waals surface area contributed by atoms with Gasteiger partial charge in [0.15, 0.2) is 17.3 Å². The molecule has 688 valence electrons. The summed E-state index contributed by atoms with van der Waals surface area (Å²) in [5, 5.41) is 8.91. The zero-order chi connectivity index (χ0) is 89.8. The summed E-state index contributed by atoms with van der Waals surface area (Å²) in [6.45, 7) is 28.0. The molecule has 0 aromatic heterocycles. The Morgan fingerprint density at radius 2 is 0.640 bits per heavy atom. The van der Waals surface area contributed by atoms with Crippen LogP contribution in [-0.4, -0.2) is 323 Å². The molecule has 5 spiro atoms. The van der Waals surface area contributed by atoms with E-state index in [0.717, 1.165) is 110 Å². The number of carboxylic acids is 1. The fraction of sp³-hybridized carbons (Fsp3) is 0.591. The van der Waals surface area contributed by atoms with Crippen molar-refractivity contribution in [2.45, 2.75) is 178 Å². The minimum absolute atomic E-state index is 0.0602. The molecule has 16 rings (SSSR count). The molecule has 11 aliphatic rings. The summed E-state index contributed by atoms with van der Waals surface area (Å²) < 4.78 is 179. The number of methoxy groups -OCH3 is 2. The zero-order valence-electron chi connectivity index (χ0n) is 73.0. The van der Waals surface area contributed by atoms with Gasteiger partial charge < -0.3 is 53.0 Å². The molecule has 0 radical (unpaired) electrons. The lowest BCUT2D eigenvalue weighted by molar-refractivity contribution is -0.141. The lowest BCUT2D eigenvalue weighted by atomic mass is 10.0. The molecule has 10 aliphatic heterocycles. The van der Waals surface area contributed by atoms with E-state index in [1.54, 1.807) is 101 Å². The second-order valence-electron chi connectivity index (χ2n) is 33.6. The number of sulfonamides is 5. The number of aliphatic carboxylic acids is 1. The Labute approximate surface area is 738 Å². The zero-order valence-corrected chi connectivity index (χ0v) is 77.1. The van der Waals surface area contributed by atoms with E-state index in [9.17, 15) is 61.3 Å². The first-order valence-electron chi connectivity index (χ1n) is 43.5. The molecule has 1 saturated carbocycles. The second kappa shape index (κ2) is 41.4. The van der Waals surface area contributed by atoms with Gasteiger partial charge in [0, 0.05) is 192 Å². The molecular formula is C88H124N10O22S5. The highest BCUT2D eigenvalue weighted by Crippen LogP contribution is 2.45. The fourth-order valence-electron chi connectivity index (χ4n) is 18.3. The first-order valence-corrected chi connectivity index (χ1v) is 50.7. The average Bonchev–Trinajstić information content (AvgIpc) is 1.68. The smallest absolute Gasteiger partial charge is 0.317 e. The van der Waals surface area contributed by atoms with Gasteiger partial charge in [0.1, 0.15) is 40.1 Å². The quantitative estimate of drug-likeness (QED) is 0.0422. The van der Waals surface area contributed by atoms with Crippen LogP contribution in [0.25, 0.3) is 0 Å². The Morgan fingerprint density at radius 3 is 0.880 bits per heavy atom. The molecule has 10 saturated heterocycles. The van der Waals surface area contributed by atoms with Crippen molar-refractivity contribution in [3.8, 4) is 11.5 Å². The molecule has 11 fully saturated rings. The van der Waals surface area contributed by atoms with Crippen molar-refractivity contribution in [1.82, 2.24) is 46.0 Å². The lowest BCUT2D eigenvalue weighted by Crippen LogP contribution is -2.55. The van der Waals surface area contributed by atoms with E-state index < -0.39 is 84.7 Å².